The molecule has 0 bridgehead atoms. The number of nitrogens with zero attached hydrogens (tertiary/aromatic N) is 4. The number of benzene rings is 2. The van der Waals surface area contributed by atoms with Crippen molar-refractivity contribution in [1.29, 1.82) is 5.26 Å². The summed E-state index contributed by atoms with van der Waals surface area (Å²) in [5.41, 5.74) is 0.813. The third kappa shape index (κ3) is 9.14. The minimum atomic E-state index is -0.673. The topological polar surface area (TPSA) is 122 Å². The van der Waals surface area contributed by atoms with Crippen LogP contribution in [0.1, 0.15) is 94.0 Å². The average Bonchev–Trinajstić information content (AvgIpc) is 2.99. The van der Waals surface area contributed by atoms with Crippen molar-refractivity contribution in [3.8, 4) is 23.1 Å². The average molecular weight is 556 g/mol. The number of nitrogens with one attached hydrogen (secondary N) is 1. The molecule has 0 spiro atoms. The monoisotopic (exact) mass is 555 g/mol. The van der Waals surface area contributed by atoms with Crippen LogP contribution in [0.25, 0.3) is 11.1 Å². The van der Waals surface area contributed by atoms with Gasteiger partial charge in [-0.2, -0.15) is 10.4 Å². The van der Waals surface area contributed by atoms with Crippen molar-refractivity contribution in [2.45, 2.75) is 78.1 Å². The molecule has 3 aromatic rings. The minimum absolute atomic E-state index is 0.0358. The number of carbonyl (C=O) groups is 1. The molecule has 2 aromatic carbocycles. The summed E-state index contributed by atoms with van der Waals surface area (Å²) in [4.78, 5) is 30.6. The molecule has 1 aromatic heterocycles. The molecule has 1 heterocycles. The maximum atomic E-state index is 13.6. The Kier molecular flexibility index (Phi) is 12.8. The molecule has 0 aliphatic rings. The molecule has 2 N–H and O–H groups in total. The molecule has 3 rings (SSSR count). The second kappa shape index (κ2) is 16.8. The van der Waals surface area contributed by atoms with E-state index in [1.165, 1.54) is 25.7 Å². The zero-order chi connectivity index (χ0) is 29.5. The van der Waals surface area contributed by atoms with Gasteiger partial charge in [-0.15, -0.1) is 5.11 Å². The molecule has 8 heteroatoms. The molecule has 0 aliphatic carbocycles. The van der Waals surface area contributed by atoms with E-state index in [-0.39, 0.29) is 22.7 Å². The summed E-state index contributed by atoms with van der Waals surface area (Å²) < 4.78 is 0. The van der Waals surface area contributed by atoms with Crippen LogP contribution in [-0.4, -0.2) is 34.0 Å². The van der Waals surface area contributed by atoms with Gasteiger partial charge >= 0.3 is 0 Å². The van der Waals surface area contributed by atoms with Crippen LogP contribution in [0.4, 0.5) is 11.4 Å². The summed E-state index contributed by atoms with van der Waals surface area (Å²) in [6, 6.07) is 17.7. The van der Waals surface area contributed by atoms with Crippen LogP contribution in [0.3, 0.4) is 0 Å². The molecule has 0 unspecified atom stereocenters. The van der Waals surface area contributed by atoms with Crippen molar-refractivity contribution >= 4 is 17.3 Å². The normalized spacial score (nSPS) is 11.0. The van der Waals surface area contributed by atoms with Crippen molar-refractivity contribution in [3.63, 3.8) is 0 Å². The molecule has 0 aliphatic heterocycles. The van der Waals surface area contributed by atoms with Gasteiger partial charge in [0.25, 0.3) is 11.5 Å². The van der Waals surface area contributed by atoms with Crippen molar-refractivity contribution in [2.24, 2.45) is 10.2 Å². The molecule has 0 fully saturated rings. The van der Waals surface area contributed by atoms with Gasteiger partial charge < -0.3 is 10.0 Å². The first kappa shape index (κ1) is 31.3. The van der Waals surface area contributed by atoms with E-state index in [1.54, 1.807) is 48.5 Å². The fraction of sp³-hybridized carbons (Fsp3) is 0.424. The van der Waals surface area contributed by atoms with Crippen molar-refractivity contribution < 1.29 is 9.90 Å². The molecule has 216 valence electrons. The quantitative estimate of drug-likeness (QED) is 0.136. The van der Waals surface area contributed by atoms with Crippen LogP contribution in [0.2, 0.25) is 0 Å². The Bertz CT molecular complexity index is 1390. The van der Waals surface area contributed by atoms with E-state index in [0.29, 0.717) is 16.8 Å². The second-order valence-corrected chi connectivity index (χ2v) is 10.3. The highest BCUT2D eigenvalue weighted by atomic mass is 16.3. The molecular weight excluding hydrogens is 514 g/mol. The van der Waals surface area contributed by atoms with Gasteiger partial charge in [-0.3, -0.25) is 14.6 Å². The summed E-state index contributed by atoms with van der Waals surface area (Å²) >= 11 is 0. The van der Waals surface area contributed by atoms with Gasteiger partial charge in [0, 0.05) is 24.2 Å². The molecule has 0 atom stereocenters. The number of nitriles is 1. The van der Waals surface area contributed by atoms with E-state index < -0.39 is 11.4 Å². The number of hydrogen-bond acceptors (Lipinski definition) is 6. The molecule has 8 nitrogen and oxygen atoms in total. The largest absolute Gasteiger partial charge is 0.494 e. The molecule has 0 saturated carbocycles. The second-order valence-electron chi connectivity index (χ2n) is 10.3. The summed E-state index contributed by atoms with van der Waals surface area (Å²) in [5.74, 6) is -0.557. The Morgan fingerprint density at radius 1 is 0.878 bits per heavy atom. The van der Waals surface area contributed by atoms with Crippen LogP contribution < -0.4 is 5.56 Å². The number of pyridine rings is 1. The first-order chi connectivity index (χ1) is 20.0. The smallest absolute Gasteiger partial charge is 0.279 e. The predicted molar refractivity (Wildman–Crippen MR) is 163 cm³/mol. The number of rotatable bonds is 16. The number of carbonyl (C=O) groups excluding carboxylic acids is 1. The van der Waals surface area contributed by atoms with E-state index in [2.05, 4.69) is 29.1 Å². The molecular formula is C33H41N5O3. The number of amides is 1. The van der Waals surface area contributed by atoms with E-state index >= 15 is 0 Å². The van der Waals surface area contributed by atoms with Gasteiger partial charge in [-0.1, -0.05) is 102 Å². The van der Waals surface area contributed by atoms with E-state index in [0.717, 1.165) is 51.6 Å². The lowest BCUT2D eigenvalue weighted by atomic mass is 10.00. The zero-order valence-electron chi connectivity index (χ0n) is 24.2. The van der Waals surface area contributed by atoms with Gasteiger partial charge in [-0.05, 0) is 36.6 Å². The summed E-state index contributed by atoms with van der Waals surface area (Å²) in [6.07, 6.45) is 11.4. The fourth-order valence-electron chi connectivity index (χ4n) is 4.79. The Balaban J connectivity index is 1.84. The Labute approximate surface area is 242 Å². The van der Waals surface area contributed by atoms with Crippen molar-refractivity contribution in [1.82, 2.24) is 9.88 Å². The van der Waals surface area contributed by atoms with Crippen LogP contribution in [0, 0.1) is 11.3 Å². The third-order valence-corrected chi connectivity index (χ3v) is 7.05. The summed E-state index contributed by atoms with van der Waals surface area (Å²) in [7, 11) is 0. The Hall–Kier alpha value is -4.25. The van der Waals surface area contributed by atoms with E-state index in [1.807, 2.05) is 17.0 Å². The van der Waals surface area contributed by atoms with Gasteiger partial charge in [0.05, 0.1) is 5.69 Å². The lowest BCUT2D eigenvalue weighted by molar-refractivity contribution is 0.0749. The number of aromatic hydroxyl groups is 1. The van der Waals surface area contributed by atoms with Gasteiger partial charge in [0.1, 0.15) is 11.6 Å². The number of aromatic nitrogens is 1. The number of aromatic amines is 1. The van der Waals surface area contributed by atoms with Gasteiger partial charge in [0.2, 0.25) is 5.88 Å². The number of hydrogen-bond donors (Lipinski definition) is 2. The molecule has 0 saturated heterocycles. The summed E-state index contributed by atoms with van der Waals surface area (Å²) in [6.45, 7) is 5.83. The highest BCUT2D eigenvalue weighted by Crippen LogP contribution is 2.35. The Morgan fingerprint density at radius 2 is 1.51 bits per heavy atom. The highest BCUT2D eigenvalue weighted by Gasteiger charge is 2.20. The number of unbranched alkanes of at least 4 members (excludes halogenated alkanes) is 8. The summed E-state index contributed by atoms with van der Waals surface area (Å²) in [5, 5.41) is 28.3. The first-order valence-corrected chi connectivity index (χ1v) is 14.8. The SMILES string of the molecule is CCCCCCCCN(CCCCCC)C(=O)c1cccc(N=Nc2c(-c3ccccc3)c(C#N)c(O)[nH]c2=O)c1. The fourth-order valence-corrected chi connectivity index (χ4v) is 4.79. The maximum absolute atomic E-state index is 13.6. The minimum Gasteiger partial charge on any atom is -0.494 e. The predicted octanol–water partition coefficient (Wildman–Crippen LogP) is 8.42. The number of azo groups is 1. The van der Waals surface area contributed by atoms with Gasteiger partial charge in [0.15, 0.2) is 5.69 Å². The Morgan fingerprint density at radius 3 is 2.17 bits per heavy atom. The first-order valence-electron chi connectivity index (χ1n) is 14.8. The van der Waals surface area contributed by atoms with Crippen LogP contribution in [-0.2, 0) is 0 Å². The van der Waals surface area contributed by atoms with Crippen LogP contribution >= 0.6 is 0 Å². The lowest BCUT2D eigenvalue weighted by Gasteiger charge is -2.23. The van der Waals surface area contributed by atoms with Gasteiger partial charge in [-0.25, -0.2) is 0 Å². The third-order valence-electron chi connectivity index (χ3n) is 7.05. The lowest BCUT2D eigenvalue weighted by Crippen LogP contribution is -2.33. The maximum Gasteiger partial charge on any atom is 0.279 e. The molecule has 1 amide bonds. The van der Waals surface area contributed by atoms with Crippen molar-refractivity contribution in [3.05, 3.63) is 76.1 Å². The standard InChI is InChI=1S/C33H41N5O3/c1-3-5-7-9-10-15-22-38(21-14-8-6-4-2)33(41)26-19-16-20-27(23-26)36-37-30-29(25-17-12-11-13-18-25)28(24-34)31(39)35-32(30)40/h11-13,16-20,23H,3-10,14-15,21-22H2,1-2H3,(H2,35,39,40). The number of H-pyrrole nitrogens is 1. The van der Waals surface area contributed by atoms with Crippen molar-refractivity contribution in [2.75, 3.05) is 13.1 Å². The highest BCUT2D eigenvalue weighted by molar-refractivity contribution is 5.95. The van der Waals surface area contributed by atoms with E-state index in [9.17, 15) is 20.0 Å². The van der Waals surface area contributed by atoms with Crippen LogP contribution in [0.15, 0.2) is 69.6 Å². The zero-order valence-corrected chi connectivity index (χ0v) is 24.2. The van der Waals surface area contributed by atoms with E-state index in [4.69, 9.17) is 0 Å². The van der Waals surface area contributed by atoms with Crippen LogP contribution in [0.5, 0.6) is 5.88 Å². The molecule has 0 radical (unpaired) electrons. The molecule has 41 heavy (non-hydrogen) atoms.